The molecule has 0 aliphatic heterocycles. The Morgan fingerprint density at radius 2 is 0.691 bits per heavy atom. The fourth-order valence-electron chi connectivity index (χ4n) is 7.82. The van der Waals surface area contributed by atoms with Crippen LogP contribution < -0.4 is 5.32 Å². The van der Waals surface area contributed by atoms with Crippen molar-refractivity contribution in [3.05, 3.63) is 24.3 Å². The molecule has 0 aliphatic carbocycles. The third-order valence-electron chi connectivity index (χ3n) is 11.7. The number of hydrogen-bond acceptors (Lipinski definition) is 3. The Morgan fingerprint density at radius 3 is 1.00 bits per heavy atom. The van der Waals surface area contributed by atoms with E-state index in [1.807, 2.05) is 6.08 Å². The Bertz CT molecular complexity index is 795. The molecule has 0 bridgehead atoms. The van der Waals surface area contributed by atoms with Gasteiger partial charge in [-0.2, -0.15) is 0 Å². The number of nitrogens with one attached hydrogen (secondary N) is 1. The first kappa shape index (κ1) is 53.9. The number of hydrogen-bond donors (Lipinski definition) is 3. The topological polar surface area (TPSA) is 69.6 Å². The lowest BCUT2D eigenvalue weighted by Gasteiger charge is -2.20. The Hall–Kier alpha value is -1.13. The lowest BCUT2D eigenvalue weighted by Crippen LogP contribution is -2.45. The van der Waals surface area contributed by atoms with Gasteiger partial charge < -0.3 is 15.5 Å². The van der Waals surface area contributed by atoms with E-state index in [0.29, 0.717) is 6.42 Å². The monoisotopic (exact) mass is 774 g/mol. The van der Waals surface area contributed by atoms with Crippen LogP contribution in [0.2, 0.25) is 0 Å². The van der Waals surface area contributed by atoms with E-state index in [0.717, 1.165) is 25.7 Å². The number of carbonyl (C=O) groups is 1. The first-order chi connectivity index (χ1) is 27.2. The summed E-state index contributed by atoms with van der Waals surface area (Å²) < 4.78 is 0. The predicted molar refractivity (Wildman–Crippen MR) is 244 cm³/mol. The molecule has 1 amide bonds. The molecule has 326 valence electrons. The van der Waals surface area contributed by atoms with Crippen LogP contribution in [0.15, 0.2) is 24.3 Å². The van der Waals surface area contributed by atoms with Crippen molar-refractivity contribution < 1.29 is 15.0 Å². The Labute approximate surface area is 345 Å². The van der Waals surface area contributed by atoms with Gasteiger partial charge in [-0.15, -0.1) is 0 Å². The van der Waals surface area contributed by atoms with Crippen LogP contribution >= 0.6 is 0 Å². The first-order valence-corrected chi connectivity index (χ1v) is 25.1. The van der Waals surface area contributed by atoms with Crippen molar-refractivity contribution in [1.29, 1.82) is 0 Å². The molecule has 0 saturated carbocycles. The van der Waals surface area contributed by atoms with Gasteiger partial charge >= 0.3 is 0 Å². The fraction of sp³-hybridized carbons (Fsp3) is 0.902. The Kier molecular flexibility index (Phi) is 46.3. The van der Waals surface area contributed by atoms with E-state index in [4.69, 9.17) is 0 Å². The number of carbonyl (C=O) groups excluding carboxylic acids is 1. The molecule has 4 nitrogen and oxygen atoms in total. The van der Waals surface area contributed by atoms with Crippen LogP contribution in [0, 0.1) is 0 Å². The molecule has 0 saturated heterocycles. The smallest absolute Gasteiger partial charge is 0.220 e. The van der Waals surface area contributed by atoms with Crippen molar-refractivity contribution in [3.63, 3.8) is 0 Å². The normalized spacial score (nSPS) is 13.0. The third-order valence-corrected chi connectivity index (χ3v) is 11.7. The molecule has 0 aromatic heterocycles. The molecule has 0 aliphatic rings. The highest BCUT2D eigenvalue weighted by molar-refractivity contribution is 5.76. The second kappa shape index (κ2) is 47.2. The van der Waals surface area contributed by atoms with E-state index >= 15 is 0 Å². The van der Waals surface area contributed by atoms with Crippen LogP contribution in [0.5, 0.6) is 0 Å². The molecule has 0 fully saturated rings. The molecular formula is C51H99NO3. The standard InChI is InChI=1S/C51H99NO3/c1-3-5-7-9-11-13-15-17-19-21-23-25-27-28-30-32-34-36-38-40-42-44-46-50(54)49(48-53)52-51(55)47-45-43-41-39-37-35-33-31-29-26-24-22-20-18-16-14-12-10-8-6-4-2/h26,29,44,46,49-50,53-54H,3-25,27-28,30-43,45,47-48H2,1-2H3,(H,52,55)/b29-26-,46-44+. The second-order valence-electron chi connectivity index (χ2n) is 17.2. The van der Waals surface area contributed by atoms with E-state index in [1.54, 1.807) is 6.08 Å². The van der Waals surface area contributed by atoms with Crippen LogP contribution in [0.1, 0.15) is 277 Å². The predicted octanol–water partition coefficient (Wildman–Crippen LogP) is 16.0. The van der Waals surface area contributed by atoms with Gasteiger partial charge in [0.05, 0.1) is 18.8 Å². The quantitative estimate of drug-likeness (QED) is 0.0426. The minimum Gasteiger partial charge on any atom is -0.394 e. The highest BCUT2D eigenvalue weighted by Gasteiger charge is 2.18. The van der Waals surface area contributed by atoms with Gasteiger partial charge in [0.2, 0.25) is 5.91 Å². The van der Waals surface area contributed by atoms with E-state index in [9.17, 15) is 15.0 Å². The average molecular weight is 774 g/mol. The van der Waals surface area contributed by atoms with Crippen molar-refractivity contribution in [3.8, 4) is 0 Å². The average Bonchev–Trinajstić information content (AvgIpc) is 3.19. The number of aliphatic hydroxyl groups excluding tert-OH is 2. The molecule has 55 heavy (non-hydrogen) atoms. The lowest BCUT2D eigenvalue weighted by atomic mass is 10.0. The van der Waals surface area contributed by atoms with E-state index in [-0.39, 0.29) is 12.5 Å². The highest BCUT2D eigenvalue weighted by atomic mass is 16.3. The lowest BCUT2D eigenvalue weighted by molar-refractivity contribution is -0.123. The zero-order valence-corrected chi connectivity index (χ0v) is 37.5. The maximum atomic E-state index is 12.4. The molecule has 0 aromatic rings. The number of aliphatic hydroxyl groups is 2. The maximum Gasteiger partial charge on any atom is 0.220 e. The van der Waals surface area contributed by atoms with Gasteiger partial charge in [-0.1, -0.05) is 250 Å². The van der Waals surface area contributed by atoms with Crippen molar-refractivity contribution in [1.82, 2.24) is 5.32 Å². The largest absolute Gasteiger partial charge is 0.394 e. The minimum atomic E-state index is -0.839. The van der Waals surface area contributed by atoms with Crippen LogP contribution in [0.3, 0.4) is 0 Å². The summed E-state index contributed by atoms with van der Waals surface area (Å²) in [6.07, 6.45) is 61.7. The summed E-state index contributed by atoms with van der Waals surface area (Å²) >= 11 is 0. The zero-order chi connectivity index (χ0) is 40.0. The molecule has 3 N–H and O–H groups in total. The zero-order valence-electron chi connectivity index (χ0n) is 37.5. The maximum absolute atomic E-state index is 12.4. The van der Waals surface area contributed by atoms with Gasteiger partial charge in [0.15, 0.2) is 0 Å². The molecule has 4 heteroatoms. The van der Waals surface area contributed by atoms with Crippen LogP contribution in [-0.2, 0) is 4.79 Å². The molecule has 0 heterocycles. The Balaban J connectivity index is 3.52. The molecular weight excluding hydrogens is 675 g/mol. The SMILES string of the molecule is CCCCCCCCCCCC/C=C\CCCCCCCCCC(=O)NC(CO)C(O)/C=C/CCCCCCCCCCCCCCCCCCCCCC. The van der Waals surface area contributed by atoms with Gasteiger partial charge in [-0.3, -0.25) is 4.79 Å². The fourth-order valence-corrected chi connectivity index (χ4v) is 7.82. The third kappa shape index (κ3) is 43.8. The van der Waals surface area contributed by atoms with Gasteiger partial charge in [-0.05, 0) is 44.9 Å². The van der Waals surface area contributed by atoms with Gasteiger partial charge in [0, 0.05) is 6.42 Å². The van der Waals surface area contributed by atoms with Crippen molar-refractivity contribution in [2.75, 3.05) is 6.61 Å². The van der Waals surface area contributed by atoms with Crippen LogP contribution in [0.25, 0.3) is 0 Å². The molecule has 0 spiro atoms. The molecule has 0 radical (unpaired) electrons. The van der Waals surface area contributed by atoms with E-state index in [2.05, 4.69) is 31.3 Å². The van der Waals surface area contributed by atoms with Gasteiger partial charge in [0.1, 0.15) is 0 Å². The summed E-state index contributed by atoms with van der Waals surface area (Å²) in [7, 11) is 0. The van der Waals surface area contributed by atoms with Crippen molar-refractivity contribution in [2.45, 2.75) is 289 Å². The summed E-state index contributed by atoms with van der Waals surface area (Å²) in [6, 6.07) is -0.623. The summed E-state index contributed by atoms with van der Waals surface area (Å²) in [5, 5.41) is 23.1. The Morgan fingerprint density at radius 1 is 0.418 bits per heavy atom. The van der Waals surface area contributed by atoms with Crippen LogP contribution in [-0.4, -0.2) is 34.9 Å². The summed E-state index contributed by atoms with van der Waals surface area (Å²) in [4.78, 5) is 12.4. The second-order valence-corrected chi connectivity index (χ2v) is 17.2. The summed E-state index contributed by atoms with van der Waals surface area (Å²) in [5.41, 5.74) is 0. The van der Waals surface area contributed by atoms with E-state index < -0.39 is 12.1 Å². The number of rotatable bonds is 46. The molecule has 0 aromatic carbocycles. The molecule has 2 atom stereocenters. The van der Waals surface area contributed by atoms with Crippen molar-refractivity contribution in [2.24, 2.45) is 0 Å². The van der Waals surface area contributed by atoms with Crippen LogP contribution in [0.4, 0.5) is 0 Å². The van der Waals surface area contributed by atoms with E-state index in [1.165, 1.54) is 231 Å². The molecule has 2 unspecified atom stereocenters. The summed E-state index contributed by atoms with van der Waals surface area (Å²) in [5.74, 6) is -0.0647. The first-order valence-electron chi connectivity index (χ1n) is 25.1. The highest BCUT2D eigenvalue weighted by Crippen LogP contribution is 2.16. The van der Waals surface area contributed by atoms with Gasteiger partial charge in [0.25, 0.3) is 0 Å². The summed E-state index contributed by atoms with van der Waals surface area (Å²) in [6.45, 7) is 4.33. The minimum absolute atomic E-state index is 0.0647. The molecule has 0 rings (SSSR count). The van der Waals surface area contributed by atoms with Gasteiger partial charge in [-0.25, -0.2) is 0 Å². The van der Waals surface area contributed by atoms with Crippen molar-refractivity contribution >= 4 is 5.91 Å². The number of allylic oxidation sites excluding steroid dienone is 3. The number of amides is 1. The number of unbranched alkanes of at least 4 members (excludes halogenated alkanes) is 37.